The Bertz CT molecular complexity index is 574. The Morgan fingerprint density at radius 2 is 2.05 bits per heavy atom. The van der Waals surface area contributed by atoms with Gasteiger partial charge in [0.05, 0.1) is 11.3 Å². The Balaban J connectivity index is 2.25. The fourth-order valence-electron chi connectivity index (χ4n) is 2.13. The average molecular weight is 420 g/mol. The molecule has 0 heterocycles. The molecule has 2 rings (SSSR count). The fourth-order valence-corrected chi connectivity index (χ4v) is 3.45. The Hall–Kier alpha value is -1.08. The molecule has 1 fully saturated rings. The Kier molecular flexibility index (Phi) is 5.27. The molecule has 0 aromatic heterocycles. The summed E-state index contributed by atoms with van der Waals surface area (Å²) >= 11 is 6.56. The number of anilines is 1. The van der Waals surface area contributed by atoms with E-state index < -0.39 is 5.97 Å². The number of halogens is 2. The number of rotatable bonds is 5. The summed E-state index contributed by atoms with van der Waals surface area (Å²) in [5.41, 5.74) is 0.342. The number of urea groups is 1. The first kappa shape index (κ1) is 16.3. The summed E-state index contributed by atoms with van der Waals surface area (Å²) in [6, 6.07) is 3.23. The van der Waals surface area contributed by atoms with Crippen molar-refractivity contribution in [3.63, 3.8) is 0 Å². The molecule has 7 heteroatoms. The molecular formula is C14H16Br2N2O3. The molecule has 0 aliphatic heterocycles. The maximum atomic E-state index is 12.4. The molecule has 2 amide bonds. The lowest BCUT2D eigenvalue weighted by atomic mass is 10.2. The van der Waals surface area contributed by atoms with Crippen molar-refractivity contribution in [1.29, 1.82) is 0 Å². The second-order valence-corrected chi connectivity index (χ2v) is 6.74. The van der Waals surface area contributed by atoms with Crippen LogP contribution < -0.4 is 5.32 Å². The summed E-state index contributed by atoms with van der Waals surface area (Å²) in [6.07, 6.45) is 2.90. The van der Waals surface area contributed by atoms with Gasteiger partial charge in [-0.3, -0.25) is 0 Å². The van der Waals surface area contributed by atoms with Crippen molar-refractivity contribution in [3.8, 4) is 0 Å². The van der Waals surface area contributed by atoms with Gasteiger partial charge in [0.25, 0.3) is 0 Å². The number of aromatic carboxylic acids is 1. The molecule has 2 N–H and O–H groups in total. The summed E-state index contributed by atoms with van der Waals surface area (Å²) in [5, 5.41) is 12.0. The van der Waals surface area contributed by atoms with Gasteiger partial charge in [0, 0.05) is 21.5 Å². The van der Waals surface area contributed by atoms with Crippen LogP contribution in [0.4, 0.5) is 10.5 Å². The molecule has 114 valence electrons. The molecule has 0 atom stereocenters. The fraction of sp³-hybridized carbons (Fsp3) is 0.429. The standard InChI is InChI=1S/C14H16Br2N2O3/c1-2-5-18(9-3-4-9)14(21)17-12-10(13(19)20)6-8(15)7-11(12)16/h6-7,9H,2-5H2,1H3,(H,17,21)(H,19,20). The molecule has 0 radical (unpaired) electrons. The zero-order valence-electron chi connectivity index (χ0n) is 11.5. The van der Waals surface area contributed by atoms with Gasteiger partial charge in [0.1, 0.15) is 0 Å². The number of carboxylic acids is 1. The second kappa shape index (κ2) is 6.79. The van der Waals surface area contributed by atoms with E-state index in [4.69, 9.17) is 0 Å². The second-order valence-electron chi connectivity index (χ2n) is 4.97. The number of carbonyl (C=O) groups excluding carboxylic acids is 1. The highest BCUT2D eigenvalue weighted by molar-refractivity contribution is 9.11. The van der Waals surface area contributed by atoms with Crippen molar-refractivity contribution in [2.45, 2.75) is 32.2 Å². The normalized spacial score (nSPS) is 13.9. The molecule has 1 aliphatic rings. The minimum absolute atomic E-state index is 0.0526. The van der Waals surface area contributed by atoms with Crippen molar-refractivity contribution >= 4 is 49.5 Å². The molecule has 0 spiro atoms. The number of carboxylic acid groups (broad SMARTS) is 1. The quantitative estimate of drug-likeness (QED) is 0.746. The highest BCUT2D eigenvalue weighted by atomic mass is 79.9. The zero-order chi connectivity index (χ0) is 15.6. The average Bonchev–Trinajstić information content (AvgIpc) is 3.22. The first-order chi connectivity index (χ1) is 9.93. The molecule has 0 bridgehead atoms. The number of hydrogen-bond acceptors (Lipinski definition) is 2. The van der Waals surface area contributed by atoms with Gasteiger partial charge in [-0.25, -0.2) is 9.59 Å². The van der Waals surface area contributed by atoms with Crippen LogP contribution in [0.2, 0.25) is 0 Å². The van der Waals surface area contributed by atoms with E-state index in [1.165, 1.54) is 6.07 Å². The number of hydrogen-bond donors (Lipinski definition) is 2. The molecule has 0 unspecified atom stereocenters. The van der Waals surface area contributed by atoms with Crippen molar-refractivity contribution in [3.05, 3.63) is 26.6 Å². The molecule has 1 saturated carbocycles. The lowest BCUT2D eigenvalue weighted by molar-refractivity contribution is 0.0698. The van der Waals surface area contributed by atoms with Crippen LogP contribution >= 0.6 is 31.9 Å². The Labute approximate surface area is 140 Å². The van der Waals surface area contributed by atoms with Crippen LogP contribution in [0.5, 0.6) is 0 Å². The maximum absolute atomic E-state index is 12.4. The lowest BCUT2D eigenvalue weighted by Crippen LogP contribution is -2.37. The van der Waals surface area contributed by atoms with Gasteiger partial charge < -0.3 is 15.3 Å². The lowest BCUT2D eigenvalue weighted by Gasteiger charge is -2.23. The highest BCUT2D eigenvalue weighted by Crippen LogP contribution is 2.32. The van der Waals surface area contributed by atoms with Crippen LogP contribution in [0.25, 0.3) is 0 Å². The van der Waals surface area contributed by atoms with E-state index >= 15 is 0 Å². The predicted molar refractivity (Wildman–Crippen MR) is 87.8 cm³/mol. The topological polar surface area (TPSA) is 69.6 Å². The third-order valence-electron chi connectivity index (χ3n) is 3.23. The molecule has 5 nitrogen and oxygen atoms in total. The van der Waals surface area contributed by atoms with Gasteiger partial charge in [-0.1, -0.05) is 22.9 Å². The van der Waals surface area contributed by atoms with Crippen LogP contribution in [0, 0.1) is 0 Å². The smallest absolute Gasteiger partial charge is 0.337 e. The minimum atomic E-state index is -1.08. The number of benzene rings is 1. The van der Waals surface area contributed by atoms with Crippen molar-refractivity contribution in [1.82, 2.24) is 4.90 Å². The summed E-state index contributed by atoms with van der Waals surface area (Å²) in [4.78, 5) is 25.5. The molecule has 1 aromatic carbocycles. The first-order valence-electron chi connectivity index (χ1n) is 6.74. The van der Waals surface area contributed by atoms with E-state index in [0.717, 1.165) is 19.3 Å². The van der Waals surface area contributed by atoms with Crippen LogP contribution in [0.15, 0.2) is 21.1 Å². The van der Waals surface area contributed by atoms with Crippen molar-refractivity contribution < 1.29 is 14.7 Å². The van der Waals surface area contributed by atoms with E-state index in [1.807, 2.05) is 6.92 Å². The number of carbonyl (C=O) groups is 2. The summed E-state index contributed by atoms with van der Waals surface area (Å²) in [5.74, 6) is -1.08. The molecule has 0 saturated heterocycles. The molecule has 21 heavy (non-hydrogen) atoms. The number of amides is 2. The van der Waals surface area contributed by atoms with Gasteiger partial charge in [-0.05, 0) is 47.3 Å². The molecule has 1 aliphatic carbocycles. The van der Waals surface area contributed by atoms with Crippen LogP contribution in [0.1, 0.15) is 36.5 Å². The zero-order valence-corrected chi connectivity index (χ0v) is 14.7. The van der Waals surface area contributed by atoms with Gasteiger partial charge >= 0.3 is 12.0 Å². The SMILES string of the molecule is CCCN(C(=O)Nc1c(Br)cc(Br)cc1C(=O)O)C1CC1. The van der Waals surface area contributed by atoms with E-state index in [9.17, 15) is 14.7 Å². The van der Waals surface area contributed by atoms with E-state index in [0.29, 0.717) is 15.5 Å². The largest absolute Gasteiger partial charge is 0.478 e. The van der Waals surface area contributed by atoms with Gasteiger partial charge in [-0.15, -0.1) is 0 Å². The third kappa shape index (κ3) is 3.97. The highest BCUT2D eigenvalue weighted by Gasteiger charge is 2.32. The van der Waals surface area contributed by atoms with Crippen molar-refractivity contribution in [2.75, 3.05) is 11.9 Å². The summed E-state index contributed by atoms with van der Waals surface area (Å²) in [6.45, 7) is 2.69. The first-order valence-corrected chi connectivity index (χ1v) is 8.32. The number of nitrogens with zero attached hydrogens (tertiary/aromatic N) is 1. The van der Waals surface area contributed by atoms with Gasteiger partial charge in [-0.2, -0.15) is 0 Å². The van der Waals surface area contributed by atoms with Crippen LogP contribution in [-0.4, -0.2) is 34.6 Å². The molecular weight excluding hydrogens is 404 g/mol. The van der Waals surface area contributed by atoms with Gasteiger partial charge in [0.2, 0.25) is 0 Å². The van der Waals surface area contributed by atoms with E-state index in [-0.39, 0.29) is 23.3 Å². The predicted octanol–water partition coefficient (Wildman–Crippen LogP) is 4.32. The monoisotopic (exact) mass is 418 g/mol. The van der Waals surface area contributed by atoms with Crippen LogP contribution in [0.3, 0.4) is 0 Å². The molecule has 1 aromatic rings. The third-order valence-corrected chi connectivity index (χ3v) is 4.31. The summed E-state index contributed by atoms with van der Waals surface area (Å²) in [7, 11) is 0. The Morgan fingerprint density at radius 1 is 1.38 bits per heavy atom. The van der Waals surface area contributed by atoms with Gasteiger partial charge in [0.15, 0.2) is 0 Å². The van der Waals surface area contributed by atoms with E-state index in [2.05, 4.69) is 37.2 Å². The maximum Gasteiger partial charge on any atom is 0.337 e. The Morgan fingerprint density at radius 3 is 2.57 bits per heavy atom. The van der Waals surface area contributed by atoms with E-state index in [1.54, 1.807) is 11.0 Å². The van der Waals surface area contributed by atoms with Crippen molar-refractivity contribution in [2.24, 2.45) is 0 Å². The summed E-state index contributed by atoms with van der Waals surface area (Å²) < 4.78 is 1.17. The minimum Gasteiger partial charge on any atom is -0.478 e. The number of nitrogens with one attached hydrogen (secondary N) is 1. The van der Waals surface area contributed by atoms with Crippen LogP contribution in [-0.2, 0) is 0 Å².